The summed E-state index contributed by atoms with van der Waals surface area (Å²) in [5.74, 6) is 0.938. The molecule has 25 heavy (non-hydrogen) atoms. The van der Waals surface area contributed by atoms with Gasteiger partial charge in [0.2, 0.25) is 0 Å². The first-order valence-corrected chi connectivity index (χ1v) is 9.63. The van der Waals surface area contributed by atoms with Gasteiger partial charge in [0.25, 0.3) is 0 Å². The minimum absolute atomic E-state index is 0.303. The van der Waals surface area contributed by atoms with E-state index in [1.165, 1.54) is 24.0 Å². The number of hydrogen-bond donors (Lipinski definition) is 2. The molecule has 2 unspecified atom stereocenters. The number of morpholine rings is 1. The maximum Gasteiger partial charge on any atom is 0.191 e. The van der Waals surface area contributed by atoms with Crippen molar-refractivity contribution in [1.82, 2.24) is 15.5 Å². The van der Waals surface area contributed by atoms with Crippen LogP contribution in [-0.2, 0) is 17.8 Å². The molecule has 2 N–H and O–H groups in total. The second kappa shape index (κ2) is 8.68. The molecule has 138 valence electrons. The van der Waals surface area contributed by atoms with Crippen LogP contribution in [0.25, 0.3) is 0 Å². The highest BCUT2D eigenvalue weighted by molar-refractivity contribution is 5.80. The maximum atomic E-state index is 5.85. The van der Waals surface area contributed by atoms with E-state index in [4.69, 9.17) is 9.73 Å². The van der Waals surface area contributed by atoms with Gasteiger partial charge in [0, 0.05) is 32.2 Å². The first-order chi connectivity index (χ1) is 12.1. The van der Waals surface area contributed by atoms with Gasteiger partial charge in [-0.15, -0.1) is 0 Å². The fourth-order valence-electron chi connectivity index (χ4n) is 3.43. The van der Waals surface area contributed by atoms with Crippen LogP contribution in [0.2, 0.25) is 0 Å². The van der Waals surface area contributed by atoms with Crippen molar-refractivity contribution in [2.75, 3.05) is 19.6 Å². The molecule has 1 saturated carbocycles. The molecule has 1 aliphatic carbocycles. The molecule has 1 saturated heterocycles. The number of ether oxygens (including phenoxy) is 1. The standard InChI is InChI=1S/C20H32N4O/c1-4-21-20(23-19-9-10-19)22-11-17-7-5-6-8-18(17)14-24-12-15(2)25-16(3)13-24/h5-8,15-16,19H,4,9-14H2,1-3H3,(H2,21,22,23). The van der Waals surface area contributed by atoms with Gasteiger partial charge in [0.15, 0.2) is 5.96 Å². The van der Waals surface area contributed by atoms with Gasteiger partial charge in [-0.25, -0.2) is 4.99 Å². The van der Waals surface area contributed by atoms with Crippen molar-refractivity contribution in [1.29, 1.82) is 0 Å². The number of hydrogen-bond acceptors (Lipinski definition) is 3. The number of rotatable bonds is 6. The van der Waals surface area contributed by atoms with Crippen LogP contribution in [0.15, 0.2) is 29.3 Å². The van der Waals surface area contributed by atoms with Gasteiger partial charge < -0.3 is 15.4 Å². The molecule has 1 aromatic carbocycles. The van der Waals surface area contributed by atoms with Crippen LogP contribution in [0.5, 0.6) is 0 Å². The maximum absolute atomic E-state index is 5.85. The van der Waals surface area contributed by atoms with Crippen LogP contribution in [0.1, 0.15) is 44.7 Å². The molecule has 1 aromatic rings. The third-order valence-electron chi connectivity index (χ3n) is 4.68. The summed E-state index contributed by atoms with van der Waals surface area (Å²) in [6.45, 7) is 11.0. The molecule has 1 aliphatic heterocycles. The van der Waals surface area contributed by atoms with Gasteiger partial charge in [-0.1, -0.05) is 24.3 Å². The van der Waals surface area contributed by atoms with Crippen LogP contribution in [0.3, 0.4) is 0 Å². The fraction of sp³-hybridized carbons (Fsp3) is 0.650. The molecule has 2 atom stereocenters. The highest BCUT2D eigenvalue weighted by atomic mass is 16.5. The van der Waals surface area contributed by atoms with Crippen molar-refractivity contribution in [3.05, 3.63) is 35.4 Å². The predicted molar refractivity (Wildman–Crippen MR) is 103 cm³/mol. The molecule has 5 heteroatoms. The van der Waals surface area contributed by atoms with Crippen molar-refractivity contribution in [2.45, 2.75) is 65.0 Å². The Morgan fingerprint density at radius 1 is 1.16 bits per heavy atom. The number of benzene rings is 1. The highest BCUT2D eigenvalue weighted by Gasteiger charge is 2.23. The SMILES string of the molecule is CCNC(=NCc1ccccc1CN1CC(C)OC(C)C1)NC1CC1. The van der Waals surface area contributed by atoms with E-state index in [9.17, 15) is 0 Å². The molecule has 5 nitrogen and oxygen atoms in total. The van der Waals surface area contributed by atoms with Crippen molar-refractivity contribution in [2.24, 2.45) is 4.99 Å². The van der Waals surface area contributed by atoms with E-state index in [2.05, 4.69) is 60.6 Å². The number of guanidine groups is 1. The van der Waals surface area contributed by atoms with Gasteiger partial charge in [-0.05, 0) is 44.7 Å². The fourth-order valence-corrected chi connectivity index (χ4v) is 3.43. The van der Waals surface area contributed by atoms with Gasteiger partial charge in [0.1, 0.15) is 0 Å². The Balaban J connectivity index is 1.65. The smallest absolute Gasteiger partial charge is 0.191 e. The molecule has 0 aromatic heterocycles. The Bertz CT molecular complexity index is 575. The third-order valence-corrected chi connectivity index (χ3v) is 4.68. The quantitative estimate of drug-likeness (QED) is 0.615. The Labute approximate surface area is 151 Å². The van der Waals surface area contributed by atoms with Crippen LogP contribution < -0.4 is 10.6 Å². The van der Waals surface area contributed by atoms with Gasteiger partial charge in [-0.2, -0.15) is 0 Å². The van der Waals surface area contributed by atoms with Crippen LogP contribution in [-0.4, -0.2) is 48.7 Å². The van der Waals surface area contributed by atoms with E-state index in [0.717, 1.165) is 32.1 Å². The van der Waals surface area contributed by atoms with Crippen LogP contribution in [0, 0.1) is 0 Å². The summed E-state index contributed by atoms with van der Waals surface area (Å²) in [5, 5.41) is 6.84. The Morgan fingerprint density at radius 2 is 1.84 bits per heavy atom. The lowest BCUT2D eigenvalue weighted by atomic mass is 10.1. The topological polar surface area (TPSA) is 48.9 Å². The lowest BCUT2D eigenvalue weighted by Gasteiger charge is -2.35. The lowest BCUT2D eigenvalue weighted by molar-refractivity contribution is -0.0705. The summed E-state index contributed by atoms with van der Waals surface area (Å²) in [6.07, 6.45) is 3.12. The summed E-state index contributed by atoms with van der Waals surface area (Å²) in [7, 11) is 0. The summed E-state index contributed by atoms with van der Waals surface area (Å²) < 4.78 is 5.85. The molecule has 0 bridgehead atoms. The van der Waals surface area contributed by atoms with Gasteiger partial charge >= 0.3 is 0 Å². The van der Waals surface area contributed by atoms with E-state index < -0.39 is 0 Å². The molecule has 1 heterocycles. The summed E-state index contributed by atoms with van der Waals surface area (Å²) in [5.41, 5.74) is 2.68. The third kappa shape index (κ3) is 5.72. The largest absolute Gasteiger partial charge is 0.373 e. The zero-order chi connectivity index (χ0) is 17.6. The van der Waals surface area contributed by atoms with E-state index in [-0.39, 0.29) is 0 Å². The van der Waals surface area contributed by atoms with Gasteiger partial charge in [-0.3, -0.25) is 4.90 Å². The number of nitrogens with one attached hydrogen (secondary N) is 2. The first kappa shape index (κ1) is 18.2. The molecule has 3 rings (SSSR count). The molecule has 0 amide bonds. The molecule has 0 spiro atoms. The van der Waals surface area contributed by atoms with Crippen LogP contribution in [0.4, 0.5) is 0 Å². The lowest BCUT2D eigenvalue weighted by Crippen LogP contribution is -2.44. The average Bonchev–Trinajstić information content (AvgIpc) is 3.37. The zero-order valence-corrected chi connectivity index (χ0v) is 15.8. The van der Waals surface area contributed by atoms with E-state index in [1.807, 2.05) is 0 Å². The summed E-state index contributed by atoms with van der Waals surface area (Å²) in [4.78, 5) is 7.29. The molecule has 0 radical (unpaired) electrons. The second-order valence-electron chi connectivity index (χ2n) is 7.33. The monoisotopic (exact) mass is 344 g/mol. The summed E-state index contributed by atoms with van der Waals surface area (Å²) >= 11 is 0. The zero-order valence-electron chi connectivity index (χ0n) is 15.8. The van der Waals surface area contributed by atoms with E-state index in [0.29, 0.717) is 24.8 Å². The average molecular weight is 345 g/mol. The van der Waals surface area contributed by atoms with Gasteiger partial charge in [0.05, 0.1) is 18.8 Å². The first-order valence-electron chi connectivity index (χ1n) is 9.63. The van der Waals surface area contributed by atoms with Crippen LogP contribution >= 0.6 is 0 Å². The predicted octanol–water partition coefficient (Wildman–Crippen LogP) is 2.51. The molecule has 2 fully saturated rings. The Hall–Kier alpha value is -1.59. The van der Waals surface area contributed by atoms with E-state index in [1.54, 1.807) is 0 Å². The highest BCUT2D eigenvalue weighted by Crippen LogP contribution is 2.19. The molecular weight excluding hydrogens is 312 g/mol. The minimum atomic E-state index is 0.303. The number of aliphatic imine (C=N–C) groups is 1. The van der Waals surface area contributed by atoms with Crippen molar-refractivity contribution in [3.63, 3.8) is 0 Å². The number of nitrogens with zero attached hydrogens (tertiary/aromatic N) is 2. The molecule has 2 aliphatic rings. The Kier molecular flexibility index (Phi) is 6.32. The molecular formula is C20H32N4O. The normalized spacial score (nSPS) is 25.0. The second-order valence-corrected chi connectivity index (χ2v) is 7.33. The van der Waals surface area contributed by atoms with Crippen molar-refractivity contribution < 1.29 is 4.74 Å². The Morgan fingerprint density at radius 3 is 2.48 bits per heavy atom. The van der Waals surface area contributed by atoms with Crippen molar-refractivity contribution in [3.8, 4) is 0 Å². The minimum Gasteiger partial charge on any atom is -0.373 e. The summed E-state index contributed by atoms with van der Waals surface area (Å²) in [6, 6.07) is 9.29. The van der Waals surface area contributed by atoms with Crippen molar-refractivity contribution >= 4 is 5.96 Å². The van der Waals surface area contributed by atoms with E-state index >= 15 is 0 Å².